The maximum atomic E-state index is 12.0. The van der Waals surface area contributed by atoms with Gasteiger partial charge in [0, 0.05) is 24.2 Å². The Morgan fingerprint density at radius 3 is 2.55 bits per heavy atom. The number of ether oxygens (including phenoxy) is 1. The zero-order chi connectivity index (χ0) is 21.0. The van der Waals surface area contributed by atoms with Crippen molar-refractivity contribution < 1.29 is 14.6 Å². The van der Waals surface area contributed by atoms with Crippen molar-refractivity contribution in [2.24, 2.45) is 0 Å². The minimum atomic E-state index is -0.683. The van der Waals surface area contributed by atoms with Crippen LogP contribution in [0.15, 0.2) is 18.2 Å². The van der Waals surface area contributed by atoms with E-state index < -0.39 is 6.10 Å². The van der Waals surface area contributed by atoms with Crippen LogP contribution in [0.1, 0.15) is 71.8 Å². The lowest BCUT2D eigenvalue weighted by Crippen LogP contribution is -2.42. The highest BCUT2D eigenvalue weighted by Gasteiger charge is 2.14. The predicted molar refractivity (Wildman–Crippen MR) is 120 cm³/mol. The van der Waals surface area contributed by atoms with Gasteiger partial charge in [0.15, 0.2) is 0 Å². The van der Waals surface area contributed by atoms with Crippen molar-refractivity contribution in [2.45, 2.75) is 77.9 Å². The first-order valence-electron chi connectivity index (χ1n) is 10.1. The van der Waals surface area contributed by atoms with Gasteiger partial charge in [0.25, 0.3) is 0 Å². The van der Waals surface area contributed by atoms with E-state index in [0.717, 1.165) is 19.3 Å². The van der Waals surface area contributed by atoms with E-state index in [1.807, 2.05) is 20.8 Å². The topological polar surface area (TPSA) is 94.4 Å². The third-order valence-corrected chi connectivity index (χ3v) is 4.19. The van der Waals surface area contributed by atoms with Crippen LogP contribution in [0.2, 0.25) is 0 Å². The van der Waals surface area contributed by atoms with Crippen LogP contribution in [0.25, 0.3) is 0 Å². The lowest BCUT2D eigenvalue weighted by Gasteiger charge is -2.23. The van der Waals surface area contributed by atoms with E-state index >= 15 is 0 Å². The molecule has 0 aliphatic heterocycles. The quantitative estimate of drug-likeness (QED) is 0.431. The number of rotatable bonds is 12. The van der Waals surface area contributed by atoms with E-state index in [-0.39, 0.29) is 30.5 Å². The zero-order valence-corrected chi connectivity index (χ0v) is 18.9. The summed E-state index contributed by atoms with van der Waals surface area (Å²) in [5, 5.41) is 25.4. The maximum Gasteiger partial charge on any atom is 0.224 e. The van der Waals surface area contributed by atoms with E-state index in [9.17, 15) is 15.2 Å². The summed E-state index contributed by atoms with van der Waals surface area (Å²) >= 11 is 0. The van der Waals surface area contributed by atoms with Crippen molar-refractivity contribution in [1.29, 1.82) is 5.26 Å². The van der Waals surface area contributed by atoms with Crippen LogP contribution in [-0.2, 0) is 4.79 Å². The molecule has 0 saturated heterocycles. The van der Waals surface area contributed by atoms with Gasteiger partial charge in [0.1, 0.15) is 24.5 Å². The highest BCUT2D eigenvalue weighted by molar-refractivity contribution is 5.91. The molecule has 1 aromatic rings. The van der Waals surface area contributed by atoms with Crippen molar-refractivity contribution >= 4 is 24.0 Å². The van der Waals surface area contributed by atoms with Crippen molar-refractivity contribution in [3.05, 3.63) is 23.8 Å². The monoisotopic (exact) mass is 425 g/mol. The Labute approximate surface area is 181 Å². The molecule has 0 aliphatic rings. The number of amides is 1. The fourth-order valence-corrected chi connectivity index (χ4v) is 2.60. The Bertz CT molecular complexity index is 654. The Hall–Kier alpha value is -1.81. The van der Waals surface area contributed by atoms with Crippen molar-refractivity contribution in [2.75, 3.05) is 18.5 Å². The fourth-order valence-electron chi connectivity index (χ4n) is 2.60. The lowest BCUT2D eigenvalue weighted by molar-refractivity contribution is -0.116. The van der Waals surface area contributed by atoms with E-state index in [1.54, 1.807) is 18.2 Å². The minimum Gasteiger partial charge on any atom is -0.489 e. The number of aliphatic hydroxyl groups excluding tert-OH is 1. The van der Waals surface area contributed by atoms with E-state index in [4.69, 9.17) is 4.74 Å². The summed E-state index contributed by atoms with van der Waals surface area (Å²) in [5.74, 6) is 0.354. The van der Waals surface area contributed by atoms with Gasteiger partial charge in [-0.05, 0) is 45.4 Å². The third-order valence-electron chi connectivity index (χ3n) is 4.19. The van der Waals surface area contributed by atoms with Crippen LogP contribution in [0, 0.1) is 11.3 Å². The highest BCUT2D eigenvalue weighted by atomic mass is 35.5. The number of benzene rings is 1. The molecule has 1 amide bonds. The van der Waals surface area contributed by atoms with Crippen LogP contribution in [-0.4, -0.2) is 35.8 Å². The molecule has 1 atom stereocenters. The molecule has 0 fully saturated rings. The normalized spacial score (nSPS) is 11.9. The van der Waals surface area contributed by atoms with Crippen molar-refractivity contribution in [3.8, 4) is 11.8 Å². The molecule has 1 rings (SSSR count). The summed E-state index contributed by atoms with van der Waals surface area (Å²) in [7, 11) is 0. The molecule has 164 valence electrons. The Kier molecular flexibility index (Phi) is 13.3. The largest absolute Gasteiger partial charge is 0.489 e. The summed E-state index contributed by atoms with van der Waals surface area (Å²) in [5.41, 5.74) is 0.823. The molecule has 0 aliphatic carbocycles. The van der Waals surface area contributed by atoms with E-state index in [2.05, 4.69) is 23.6 Å². The van der Waals surface area contributed by atoms with Crippen LogP contribution in [0.4, 0.5) is 5.69 Å². The number of nitrogens with one attached hydrogen (secondary N) is 2. The second kappa shape index (κ2) is 14.2. The maximum absolute atomic E-state index is 12.0. The molecule has 6 nitrogen and oxygen atoms in total. The molecule has 1 aromatic carbocycles. The van der Waals surface area contributed by atoms with Gasteiger partial charge >= 0.3 is 0 Å². The van der Waals surface area contributed by atoms with Gasteiger partial charge in [-0.25, -0.2) is 0 Å². The average molecular weight is 426 g/mol. The minimum absolute atomic E-state index is 0. The average Bonchev–Trinajstić information content (AvgIpc) is 2.64. The summed E-state index contributed by atoms with van der Waals surface area (Å²) in [6, 6.07) is 7.05. The molecule has 0 spiro atoms. The molecule has 0 radical (unpaired) electrons. The number of nitriles is 1. The zero-order valence-electron chi connectivity index (χ0n) is 18.1. The van der Waals surface area contributed by atoms with E-state index in [0.29, 0.717) is 30.0 Å². The molecule has 0 heterocycles. The molecular formula is C22H36ClN3O3. The Morgan fingerprint density at radius 1 is 1.24 bits per heavy atom. The van der Waals surface area contributed by atoms with Gasteiger partial charge in [-0.1, -0.05) is 32.6 Å². The van der Waals surface area contributed by atoms with Gasteiger partial charge in [-0.3, -0.25) is 4.79 Å². The van der Waals surface area contributed by atoms with Gasteiger partial charge in [0.2, 0.25) is 5.91 Å². The molecule has 0 aromatic heterocycles. The molecule has 0 saturated carbocycles. The number of halogens is 1. The summed E-state index contributed by atoms with van der Waals surface area (Å²) in [6.45, 7) is 8.71. The SMILES string of the molecule is CCCCCCCC(=O)Nc1ccc(OCC(O)CNC(C)(C)C)c(C#N)c1.Cl. The molecular weight excluding hydrogens is 390 g/mol. The fraction of sp³-hybridized carbons (Fsp3) is 0.636. The number of hydrogen-bond donors (Lipinski definition) is 3. The Morgan fingerprint density at radius 2 is 1.93 bits per heavy atom. The number of β-amino-alcohol motifs (C(OH)–C–C–N with tert-alkyl or cyclic N) is 1. The summed E-state index contributed by atoms with van der Waals surface area (Å²) in [6.07, 6.45) is 5.28. The van der Waals surface area contributed by atoms with Crippen LogP contribution in [0.3, 0.4) is 0 Å². The number of hydrogen-bond acceptors (Lipinski definition) is 5. The van der Waals surface area contributed by atoms with Gasteiger partial charge in [-0.15, -0.1) is 12.4 Å². The number of anilines is 1. The third kappa shape index (κ3) is 12.4. The molecule has 29 heavy (non-hydrogen) atoms. The Balaban J connectivity index is 0.00000784. The van der Waals surface area contributed by atoms with Crippen LogP contribution in [0.5, 0.6) is 5.75 Å². The van der Waals surface area contributed by atoms with Crippen molar-refractivity contribution in [1.82, 2.24) is 5.32 Å². The molecule has 7 heteroatoms. The van der Waals surface area contributed by atoms with E-state index in [1.165, 1.54) is 12.8 Å². The molecule has 3 N–H and O–H groups in total. The van der Waals surface area contributed by atoms with Gasteiger partial charge < -0.3 is 20.5 Å². The number of carbonyl (C=O) groups is 1. The van der Waals surface area contributed by atoms with Crippen molar-refractivity contribution in [3.63, 3.8) is 0 Å². The second-order valence-corrected chi connectivity index (χ2v) is 8.13. The highest BCUT2D eigenvalue weighted by Crippen LogP contribution is 2.22. The second-order valence-electron chi connectivity index (χ2n) is 8.13. The summed E-state index contributed by atoms with van der Waals surface area (Å²) < 4.78 is 5.59. The molecule has 0 bridgehead atoms. The van der Waals surface area contributed by atoms with Gasteiger partial charge in [-0.2, -0.15) is 5.26 Å². The standard InChI is InChI=1S/C22H35N3O3.ClH/c1-5-6-7-8-9-10-21(27)25-18-11-12-20(17(13-18)14-23)28-16-19(26)15-24-22(2,3)4;/h11-13,19,24,26H,5-10,15-16H2,1-4H3,(H,25,27);1H. The first kappa shape index (κ1) is 27.2. The first-order valence-corrected chi connectivity index (χ1v) is 10.1. The predicted octanol–water partition coefficient (Wildman–Crippen LogP) is 4.41. The van der Waals surface area contributed by atoms with Gasteiger partial charge in [0.05, 0.1) is 5.56 Å². The number of unbranched alkanes of at least 4 members (excludes halogenated alkanes) is 4. The summed E-state index contributed by atoms with van der Waals surface area (Å²) in [4.78, 5) is 12.0. The number of aliphatic hydroxyl groups is 1. The number of nitrogens with zero attached hydrogens (tertiary/aromatic N) is 1. The number of carbonyl (C=O) groups excluding carboxylic acids is 1. The van der Waals surface area contributed by atoms with Crippen LogP contribution < -0.4 is 15.4 Å². The molecule has 1 unspecified atom stereocenters. The first-order chi connectivity index (χ1) is 13.2. The van der Waals surface area contributed by atoms with Crippen LogP contribution >= 0.6 is 12.4 Å². The smallest absolute Gasteiger partial charge is 0.224 e. The lowest BCUT2D eigenvalue weighted by atomic mass is 10.1.